The zero-order valence-corrected chi connectivity index (χ0v) is 19.5. The number of hydrogen-bond acceptors (Lipinski definition) is 7. The van der Waals surface area contributed by atoms with Crippen LogP contribution >= 0.6 is 0 Å². The van der Waals surface area contributed by atoms with E-state index in [-0.39, 0.29) is 35.4 Å². The molecule has 5 aliphatic rings. The first-order chi connectivity index (χ1) is 16.8. The van der Waals surface area contributed by atoms with Crippen LogP contribution in [0.1, 0.15) is 59.0 Å². The van der Waals surface area contributed by atoms with Crippen LogP contribution in [0.2, 0.25) is 0 Å². The van der Waals surface area contributed by atoms with E-state index in [1.165, 1.54) is 9.58 Å². The van der Waals surface area contributed by atoms with Crippen LogP contribution in [0.5, 0.6) is 0 Å². The third-order valence-electron chi connectivity index (χ3n) is 7.94. The number of hydrogen-bond donors (Lipinski definition) is 2. The summed E-state index contributed by atoms with van der Waals surface area (Å²) in [6.45, 7) is 5.43. The second-order valence-electron chi connectivity index (χ2n) is 10.2. The Hall–Kier alpha value is -3.60. The van der Waals surface area contributed by atoms with Crippen LogP contribution < -0.4 is 10.6 Å². The predicted octanol–water partition coefficient (Wildman–Crippen LogP) is 0.242. The minimum absolute atomic E-state index is 0.212. The van der Waals surface area contributed by atoms with Gasteiger partial charge in [0.05, 0.1) is 17.4 Å². The minimum atomic E-state index is -0.662. The molecule has 1 aromatic carbocycles. The summed E-state index contributed by atoms with van der Waals surface area (Å²) in [7, 11) is 0. The van der Waals surface area contributed by atoms with Crippen molar-refractivity contribution in [2.45, 2.75) is 50.7 Å². The Morgan fingerprint density at radius 1 is 1.17 bits per heavy atom. The molecule has 2 aromatic rings. The minimum Gasteiger partial charge on any atom is -0.344 e. The van der Waals surface area contributed by atoms with Gasteiger partial charge in [-0.05, 0) is 62.9 Å². The molecule has 0 radical (unpaired) electrons. The van der Waals surface area contributed by atoms with Crippen molar-refractivity contribution in [2.75, 3.05) is 19.6 Å². The lowest BCUT2D eigenvalue weighted by molar-refractivity contribution is -0.136. The number of imide groups is 1. The molecular weight excluding hydrogens is 450 g/mol. The van der Waals surface area contributed by atoms with Crippen molar-refractivity contribution in [3.63, 3.8) is 0 Å². The first kappa shape index (κ1) is 21.9. The highest BCUT2D eigenvalue weighted by atomic mass is 16.2. The van der Waals surface area contributed by atoms with E-state index in [1.54, 1.807) is 12.3 Å². The van der Waals surface area contributed by atoms with Gasteiger partial charge in [0.15, 0.2) is 5.69 Å². The van der Waals surface area contributed by atoms with E-state index in [9.17, 15) is 19.2 Å². The standard InChI is InChI=1S/C24H27N7O4/c1-24(13-29-8-6-15(24)7-9-29)26-21(33)18-12-31(28-27-18)16-3-2-14-11-30(23(35)17(14)10-16)19-4-5-20(32)25-22(19)34/h2-3,10,12,15,19H,4-9,11,13H2,1H3,(H,26,33)(H,25,32,34). The van der Waals surface area contributed by atoms with E-state index in [1.807, 2.05) is 12.1 Å². The molecule has 6 heterocycles. The molecule has 5 aliphatic heterocycles. The van der Waals surface area contributed by atoms with Gasteiger partial charge in [-0.2, -0.15) is 0 Å². The van der Waals surface area contributed by atoms with Crippen molar-refractivity contribution in [1.82, 2.24) is 35.4 Å². The molecule has 7 rings (SSSR count). The van der Waals surface area contributed by atoms with Crippen molar-refractivity contribution in [2.24, 2.45) is 5.92 Å². The summed E-state index contributed by atoms with van der Waals surface area (Å²) in [5.41, 5.74) is 1.82. The molecule has 0 saturated carbocycles. The van der Waals surface area contributed by atoms with Crippen molar-refractivity contribution < 1.29 is 19.2 Å². The summed E-state index contributed by atoms with van der Waals surface area (Å²) < 4.78 is 1.48. The van der Waals surface area contributed by atoms with Gasteiger partial charge in [0.1, 0.15) is 6.04 Å². The highest BCUT2D eigenvalue weighted by molar-refractivity contribution is 6.05. The topological polar surface area (TPSA) is 130 Å². The fraction of sp³-hybridized carbons (Fsp3) is 0.500. The zero-order chi connectivity index (χ0) is 24.3. The van der Waals surface area contributed by atoms with Gasteiger partial charge >= 0.3 is 0 Å². The predicted molar refractivity (Wildman–Crippen MR) is 122 cm³/mol. The first-order valence-corrected chi connectivity index (χ1v) is 12.1. The molecular formula is C24H27N7O4. The summed E-state index contributed by atoms with van der Waals surface area (Å²) in [6, 6.07) is 4.68. The Balaban J connectivity index is 1.18. The Morgan fingerprint density at radius 3 is 2.69 bits per heavy atom. The number of nitrogens with zero attached hydrogens (tertiary/aromatic N) is 5. The van der Waals surface area contributed by atoms with Gasteiger partial charge in [-0.1, -0.05) is 11.3 Å². The monoisotopic (exact) mass is 477 g/mol. The maximum Gasteiger partial charge on any atom is 0.273 e. The third kappa shape index (κ3) is 3.70. The summed E-state index contributed by atoms with van der Waals surface area (Å²) in [4.78, 5) is 53.7. The van der Waals surface area contributed by atoms with Crippen molar-refractivity contribution in [3.8, 4) is 5.69 Å². The number of fused-ring (bicyclic) bond motifs is 4. The number of amides is 4. The molecule has 2 unspecified atom stereocenters. The average molecular weight is 478 g/mol. The van der Waals surface area contributed by atoms with Gasteiger partial charge in [0.2, 0.25) is 11.8 Å². The molecule has 0 aliphatic carbocycles. The van der Waals surface area contributed by atoms with Crippen LogP contribution in [0.4, 0.5) is 0 Å². The Labute approximate surface area is 201 Å². The van der Waals surface area contributed by atoms with Gasteiger partial charge < -0.3 is 15.1 Å². The fourth-order valence-electron chi connectivity index (χ4n) is 5.97. The van der Waals surface area contributed by atoms with E-state index in [0.29, 0.717) is 30.1 Å². The lowest BCUT2D eigenvalue weighted by Crippen LogP contribution is -2.65. The molecule has 11 heteroatoms. The Bertz CT molecular complexity index is 1250. The van der Waals surface area contributed by atoms with Crippen molar-refractivity contribution in [3.05, 3.63) is 41.2 Å². The number of benzene rings is 1. The molecule has 4 fully saturated rings. The highest BCUT2D eigenvalue weighted by Gasteiger charge is 2.44. The van der Waals surface area contributed by atoms with Crippen LogP contribution in [0.3, 0.4) is 0 Å². The fourth-order valence-corrected chi connectivity index (χ4v) is 5.97. The van der Waals surface area contributed by atoms with Crippen LogP contribution in [0.25, 0.3) is 5.69 Å². The Kier molecular flexibility index (Phi) is 4.99. The lowest BCUT2D eigenvalue weighted by atomic mass is 9.74. The van der Waals surface area contributed by atoms with E-state index in [0.717, 1.165) is 38.0 Å². The van der Waals surface area contributed by atoms with Crippen LogP contribution in [-0.4, -0.2) is 79.6 Å². The number of carbonyl (C=O) groups is 4. The van der Waals surface area contributed by atoms with E-state index >= 15 is 0 Å². The maximum atomic E-state index is 13.1. The largest absolute Gasteiger partial charge is 0.344 e. The molecule has 0 spiro atoms. The maximum absolute atomic E-state index is 13.1. The average Bonchev–Trinajstić information content (AvgIpc) is 3.45. The second kappa shape index (κ2) is 7.98. The molecule has 2 bridgehead atoms. The van der Waals surface area contributed by atoms with Crippen LogP contribution in [-0.2, 0) is 16.1 Å². The molecule has 182 valence electrons. The number of nitrogens with one attached hydrogen (secondary N) is 2. The van der Waals surface area contributed by atoms with Crippen molar-refractivity contribution in [1.29, 1.82) is 0 Å². The molecule has 2 N–H and O–H groups in total. The van der Waals surface area contributed by atoms with E-state index in [4.69, 9.17) is 0 Å². The van der Waals surface area contributed by atoms with E-state index in [2.05, 4.69) is 32.8 Å². The second-order valence-corrected chi connectivity index (χ2v) is 10.2. The molecule has 2 atom stereocenters. The number of aromatic nitrogens is 3. The molecule has 35 heavy (non-hydrogen) atoms. The van der Waals surface area contributed by atoms with Gasteiger partial charge in [0, 0.05) is 25.1 Å². The third-order valence-corrected chi connectivity index (χ3v) is 7.94. The number of piperidine rings is 4. The summed E-state index contributed by atoms with van der Waals surface area (Å²) >= 11 is 0. The van der Waals surface area contributed by atoms with Crippen LogP contribution in [0.15, 0.2) is 24.4 Å². The smallest absolute Gasteiger partial charge is 0.273 e. The van der Waals surface area contributed by atoms with Gasteiger partial charge in [-0.15, -0.1) is 5.10 Å². The quantitative estimate of drug-likeness (QED) is 0.604. The molecule has 11 nitrogen and oxygen atoms in total. The molecule has 4 saturated heterocycles. The summed E-state index contributed by atoms with van der Waals surface area (Å²) in [6.07, 6.45) is 4.27. The van der Waals surface area contributed by atoms with Gasteiger partial charge in [0.25, 0.3) is 11.8 Å². The summed E-state index contributed by atoms with van der Waals surface area (Å²) in [5, 5.41) is 13.7. The highest BCUT2D eigenvalue weighted by Crippen LogP contribution is 2.35. The number of carbonyl (C=O) groups excluding carboxylic acids is 4. The van der Waals surface area contributed by atoms with Crippen molar-refractivity contribution >= 4 is 23.6 Å². The Morgan fingerprint density at radius 2 is 1.97 bits per heavy atom. The first-order valence-electron chi connectivity index (χ1n) is 12.1. The normalized spacial score (nSPS) is 29.8. The zero-order valence-electron chi connectivity index (χ0n) is 19.5. The lowest BCUT2D eigenvalue weighted by Gasteiger charge is -2.51. The van der Waals surface area contributed by atoms with E-state index < -0.39 is 11.9 Å². The SMILES string of the molecule is CC1(NC(=O)c2cn(-c3ccc4c(c3)C(=O)N(C3CCC(=O)NC3=O)C4)nn2)CN2CCC1CC2. The van der Waals surface area contributed by atoms with Crippen LogP contribution in [0, 0.1) is 5.92 Å². The van der Waals surface area contributed by atoms with Gasteiger partial charge in [-0.3, -0.25) is 24.5 Å². The van der Waals surface area contributed by atoms with Gasteiger partial charge in [-0.25, -0.2) is 4.68 Å². The number of rotatable bonds is 4. The molecule has 4 amide bonds. The summed E-state index contributed by atoms with van der Waals surface area (Å²) in [5.74, 6) is -0.808. The molecule has 1 aromatic heterocycles.